The number of hydrogen-bond acceptors (Lipinski definition) is 8. The molecule has 2 saturated heterocycles. The molecule has 0 spiro atoms. The van der Waals surface area contributed by atoms with Crippen LogP contribution in [0.1, 0.15) is 36.6 Å². The highest BCUT2D eigenvalue weighted by atomic mass is 16.5. The van der Waals surface area contributed by atoms with Crippen molar-refractivity contribution in [2.24, 2.45) is 5.92 Å². The van der Waals surface area contributed by atoms with Gasteiger partial charge < -0.3 is 24.5 Å². The standard InChI is InChI=1S/C32H39N7O3/c1-21-16-25(36(3)17-21)20-42-31-34-27-19-37(28-9-5-8-23-7-4-6-22(2)29(23)28)13-11-26(27)30(35-31)38-14-15-39(32(40)41)24(18-38)10-12-33/h4-9,21,24-25H,10-11,13-20H2,1-3H3,(H,40,41)/t21-,24-,25-/m0/s1. The van der Waals surface area contributed by atoms with Crippen molar-refractivity contribution in [3.8, 4) is 12.1 Å². The summed E-state index contributed by atoms with van der Waals surface area (Å²) in [6.07, 6.45) is 0.993. The average Bonchev–Trinajstić information content (AvgIpc) is 3.31. The van der Waals surface area contributed by atoms with Gasteiger partial charge in [-0.2, -0.15) is 15.2 Å². The molecule has 10 heteroatoms. The predicted octanol–water partition coefficient (Wildman–Crippen LogP) is 4.30. The maximum Gasteiger partial charge on any atom is 0.407 e. The van der Waals surface area contributed by atoms with E-state index in [2.05, 4.69) is 78.1 Å². The van der Waals surface area contributed by atoms with Crippen LogP contribution in [0.3, 0.4) is 0 Å². The molecule has 4 heterocycles. The topological polar surface area (TPSA) is 109 Å². The van der Waals surface area contributed by atoms with Crippen molar-refractivity contribution in [1.82, 2.24) is 19.8 Å². The lowest BCUT2D eigenvalue weighted by Crippen LogP contribution is -2.55. The summed E-state index contributed by atoms with van der Waals surface area (Å²) < 4.78 is 6.30. The van der Waals surface area contributed by atoms with Crippen molar-refractivity contribution in [2.75, 3.05) is 56.2 Å². The van der Waals surface area contributed by atoms with Gasteiger partial charge in [0.05, 0.1) is 30.8 Å². The lowest BCUT2D eigenvalue weighted by Gasteiger charge is -2.41. The summed E-state index contributed by atoms with van der Waals surface area (Å²) in [6, 6.07) is 15.3. The number of fused-ring (bicyclic) bond motifs is 2. The van der Waals surface area contributed by atoms with Gasteiger partial charge in [0.15, 0.2) is 0 Å². The number of ether oxygens (including phenoxy) is 1. The van der Waals surface area contributed by atoms with Gasteiger partial charge in [-0.1, -0.05) is 37.3 Å². The summed E-state index contributed by atoms with van der Waals surface area (Å²) >= 11 is 0. The van der Waals surface area contributed by atoms with E-state index >= 15 is 0 Å². The third kappa shape index (κ3) is 5.41. The van der Waals surface area contributed by atoms with Crippen LogP contribution in [0.5, 0.6) is 6.01 Å². The van der Waals surface area contributed by atoms with Gasteiger partial charge in [0, 0.05) is 55.4 Å². The highest BCUT2D eigenvalue weighted by molar-refractivity contribution is 5.97. The second-order valence-corrected chi connectivity index (χ2v) is 12.1. The minimum absolute atomic E-state index is 0.139. The number of hydrogen-bond donors (Lipinski definition) is 1. The van der Waals surface area contributed by atoms with Crippen LogP contribution in [0.2, 0.25) is 0 Å². The molecule has 2 aromatic carbocycles. The molecule has 3 aromatic rings. The highest BCUT2D eigenvalue weighted by Gasteiger charge is 2.34. The predicted molar refractivity (Wildman–Crippen MR) is 162 cm³/mol. The zero-order valence-electron chi connectivity index (χ0n) is 24.7. The molecule has 0 aliphatic carbocycles. The molecule has 1 aromatic heterocycles. The van der Waals surface area contributed by atoms with E-state index in [-0.39, 0.29) is 6.42 Å². The summed E-state index contributed by atoms with van der Waals surface area (Å²) in [4.78, 5) is 30.0. The van der Waals surface area contributed by atoms with E-state index in [9.17, 15) is 15.2 Å². The molecule has 10 nitrogen and oxygen atoms in total. The lowest BCUT2D eigenvalue weighted by molar-refractivity contribution is 0.119. The van der Waals surface area contributed by atoms with Crippen molar-refractivity contribution in [3.63, 3.8) is 0 Å². The fourth-order valence-electron chi connectivity index (χ4n) is 6.99. The van der Waals surface area contributed by atoms with E-state index in [1.807, 2.05) is 0 Å². The van der Waals surface area contributed by atoms with Crippen LogP contribution in [-0.2, 0) is 13.0 Å². The maximum atomic E-state index is 11.9. The van der Waals surface area contributed by atoms with Crippen LogP contribution in [-0.4, -0.2) is 89.4 Å². The first kappa shape index (κ1) is 28.0. The fraction of sp³-hybridized carbons (Fsp3) is 0.500. The van der Waals surface area contributed by atoms with Crippen LogP contribution in [0, 0.1) is 24.2 Å². The average molecular weight is 570 g/mol. The minimum atomic E-state index is -0.987. The van der Waals surface area contributed by atoms with Crippen LogP contribution >= 0.6 is 0 Å². The number of carboxylic acid groups (broad SMARTS) is 1. The number of nitriles is 1. The number of likely N-dealkylation sites (N-methyl/N-ethyl adjacent to an activating group) is 1. The van der Waals surface area contributed by atoms with E-state index in [4.69, 9.17) is 14.7 Å². The van der Waals surface area contributed by atoms with Crippen LogP contribution in [0.15, 0.2) is 36.4 Å². The molecule has 220 valence electrons. The molecule has 3 aliphatic heterocycles. The number of nitrogens with zero attached hydrogens (tertiary/aromatic N) is 7. The number of rotatable bonds is 6. The Kier molecular flexibility index (Phi) is 7.78. The number of amides is 1. The highest BCUT2D eigenvalue weighted by Crippen LogP contribution is 2.36. The number of likely N-dealkylation sites (tertiary alicyclic amines) is 1. The van der Waals surface area contributed by atoms with Crippen LogP contribution < -0.4 is 14.5 Å². The first-order valence-corrected chi connectivity index (χ1v) is 14.9. The Balaban J connectivity index is 1.34. The van der Waals surface area contributed by atoms with E-state index in [1.165, 1.54) is 26.9 Å². The summed E-state index contributed by atoms with van der Waals surface area (Å²) in [7, 11) is 2.14. The quantitative estimate of drug-likeness (QED) is 0.465. The van der Waals surface area contributed by atoms with E-state index in [0.29, 0.717) is 50.8 Å². The zero-order valence-corrected chi connectivity index (χ0v) is 24.7. The Morgan fingerprint density at radius 2 is 1.90 bits per heavy atom. The Labute approximate surface area is 247 Å². The van der Waals surface area contributed by atoms with Crippen molar-refractivity contribution in [3.05, 3.63) is 53.2 Å². The maximum absolute atomic E-state index is 11.9. The van der Waals surface area contributed by atoms with E-state index in [1.54, 1.807) is 0 Å². The lowest BCUT2D eigenvalue weighted by atomic mass is 9.99. The number of carbonyl (C=O) groups is 1. The summed E-state index contributed by atoms with van der Waals surface area (Å²) in [5.74, 6) is 1.44. The SMILES string of the molecule is Cc1cccc2cccc(N3CCc4c(nc(OC[C@@H]5C[C@H](C)CN5C)nc4N4CCN(C(=O)O)[C@@H](CC#N)C4)C3)c12. The molecule has 1 amide bonds. The van der Waals surface area contributed by atoms with Gasteiger partial charge in [0.1, 0.15) is 12.4 Å². The summed E-state index contributed by atoms with van der Waals surface area (Å²) in [5, 5.41) is 21.6. The Hall–Kier alpha value is -4.10. The van der Waals surface area contributed by atoms with E-state index in [0.717, 1.165) is 43.0 Å². The number of aryl methyl sites for hydroxylation is 1. The Morgan fingerprint density at radius 3 is 2.64 bits per heavy atom. The molecule has 0 saturated carbocycles. The summed E-state index contributed by atoms with van der Waals surface area (Å²) in [5.41, 5.74) is 4.47. The number of piperazine rings is 1. The normalized spacial score (nSPS) is 22.7. The van der Waals surface area contributed by atoms with Crippen molar-refractivity contribution < 1.29 is 14.6 Å². The third-order valence-corrected chi connectivity index (χ3v) is 9.11. The van der Waals surface area contributed by atoms with Crippen molar-refractivity contribution in [2.45, 2.75) is 51.7 Å². The first-order chi connectivity index (χ1) is 20.3. The molecule has 6 rings (SSSR count). The van der Waals surface area contributed by atoms with Gasteiger partial charge >= 0.3 is 12.1 Å². The monoisotopic (exact) mass is 569 g/mol. The van der Waals surface area contributed by atoms with Crippen LogP contribution in [0.25, 0.3) is 10.8 Å². The number of benzene rings is 2. The molecule has 2 fully saturated rings. The fourth-order valence-corrected chi connectivity index (χ4v) is 6.99. The van der Waals surface area contributed by atoms with Gasteiger partial charge in [-0.15, -0.1) is 0 Å². The number of anilines is 2. The molecule has 0 unspecified atom stereocenters. The molecule has 42 heavy (non-hydrogen) atoms. The molecular formula is C32H39N7O3. The molecule has 1 N–H and O–H groups in total. The Bertz CT molecular complexity index is 1520. The van der Waals surface area contributed by atoms with Gasteiger partial charge in [0.25, 0.3) is 0 Å². The molecule has 0 radical (unpaired) electrons. The summed E-state index contributed by atoms with van der Waals surface area (Å²) in [6.45, 7) is 8.69. The molecular weight excluding hydrogens is 530 g/mol. The van der Waals surface area contributed by atoms with Crippen molar-refractivity contribution in [1.29, 1.82) is 5.26 Å². The smallest absolute Gasteiger partial charge is 0.407 e. The van der Waals surface area contributed by atoms with Crippen molar-refractivity contribution >= 4 is 28.4 Å². The second-order valence-electron chi connectivity index (χ2n) is 12.1. The molecule has 3 atom stereocenters. The number of aromatic nitrogens is 2. The second kappa shape index (κ2) is 11.6. The zero-order chi connectivity index (χ0) is 29.4. The van der Waals surface area contributed by atoms with Gasteiger partial charge in [0.2, 0.25) is 0 Å². The third-order valence-electron chi connectivity index (χ3n) is 9.11. The largest absolute Gasteiger partial charge is 0.465 e. The molecule has 0 bridgehead atoms. The molecule has 3 aliphatic rings. The van der Waals surface area contributed by atoms with Gasteiger partial charge in [-0.3, -0.25) is 4.90 Å². The Morgan fingerprint density at radius 1 is 1.10 bits per heavy atom. The minimum Gasteiger partial charge on any atom is -0.465 e. The van der Waals surface area contributed by atoms with Gasteiger partial charge in [-0.25, -0.2) is 4.79 Å². The van der Waals surface area contributed by atoms with E-state index < -0.39 is 12.1 Å². The van der Waals surface area contributed by atoms with Crippen LogP contribution in [0.4, 0.5) is 16.3 Å². The van der Waals surface area contributed by atoms with Gasteiger partial charge in [-0.05, 0) is 49.7 Å². The first-order valence-electron chi connectivity index (χ1n) is 14.9.